The molecule has 3 aromatic rings. The molecule has 36 heavy (non-hydrogen) atoms. The van der Waals surface area contributed by atoms with Crippen molar-refractivity contribution in [3.05, 3.63) is 77.6 Å². The molecule has 9 heteroatoms. The molecule has 0 aliphatic carbocycles. The van der Waals surface area contributed by atoms with E-state index in [-0.39, 0.29) is 38.9 Å². The monoisotopic (exact) mass is 510 g/mol. The van der Waals surface area contributed by atoms with Gasteiger partial charge in [-0.15, -0.1) is 0 Å². The Labute approximate surface area is 209 Å². The van der Waals surface area contributed by atoms with E-state index < -0.39 is 21.8 Å². The minimum Gasteiger partial charge on any atom is -0.478 e. The van der Waals surface area contributed by atoms with Crippen molar-refractivity contribution in [3.63, 3.8) is 0 Å². The Morgan fingerprint density at radius 1 is 1.11 bits per heavy atom. The van der Waals surface area contributed by atoms with Crippen molar-refractivity contribution in [3.8, 4) is 11.1 Å². The van der Waals surface area contributed by atoms with Crippen LogP contribution in [0.2, 0.25) is 0 Å². The number of fused-ring (bicyclic) bond motifs is 1. The third-order valence-corrected chi connectivity index (χ3v) is 8.52. The summed E-state index contributed by atoms with van der Waals surface area (Å²) in [6.45, 7) is 2.37. The lowest BCUT2D eigenvalue weighted by atomic mass is 9.96. The zero-order valence-corrected chi connectivity index (χ0v) is 20.8. The van der Waals surface area contributed by atoms with Gasteiger partial charge in [0, 0.05) is 36.4 Å². The Kier molecular flexibility index (Phi) is 7.23. The molecule has 1 heterocycles. The van der Waals surface area contributed by atoms with Crippen molar-refractivity contribution in [2.45, 2.75) is 37.1 Å². The highest BCUT2D eigenvalue weighted by molar-refractivity contribution is 7.89. The number of hydrogen-bond donors (Lipinski definition) is 1. The molecule has 1 aliphatic heterocycles. The molecule has 1 atom stereocenters. The van der Waals surface area contributed by atoms with Gasteiger partial charge in [0.15, 0.2) is 6.29 Å². The number of carbonyl (C=O) groups excluding carboxylic acids is 1. The predicted molar refractivity (Wildman–Crippen MR) is 136 cm³/mol. The molecule has 0 amide bonds. The Balaban J connectivity index is 1.99. The first-order chi connectivity index (χ1) is 17.2. The van der Waals surface area contributed by atoms with Gasteiger partial charge >= 0.3 is 5.97 Å². The van der Waals surface area contributed by atoms with E-state index >= 15 is 4.39 Å². The lowest BCUT2D eigenvalue weighted by molar-refractivity contribution is 0.0696. The van der Waals surface area contributed by atoms with Crippen LogP contribution in [0.25, 0.3) is 11.1 Å². The number of rotatable bonds is 7. The minimum atomic E-state index is -4.05. The van der Waals surface area contributed by atoms with E-state index in [1.54, 1.807) is 4.90 Å². The number of aromatic carboxylic acids is 1. The number of unbranched alkanes of at least 4 members (excludes halogenated alkanes) is 1. The fourth-order valence-electron chi connectivity index (χ4n) is 4.53. The number of nitrogens with zero attached hydrogens (tertiary/aromatic N) is 2. The molecular formula is C27H27FN2O5S. The van der Waals surface area contributed by atoms with Gasteiger partial charge in [0.2, 0.25) is 10.0 Å². The van der Waals surface area contributed by atoms with Crippen molar-refractivity contribution >= 4 is 33.7 Å². The molecule has 0 bridgehead atoms. The highest BCUT2D eigenvalue weighted by atomic mass is 32.2. The summed E-state index contributed by atoms with van der Waals surface area (Å²) >= 11 is 0. The molecule has 0 unspecified atom stereocenters. The summed E-state index contributed by atoms with van der Waals surface area (Å²) in [6, 6.07) is 14.9. The van der Waals surface area contributed by atoms with Crippen molar-refractivity contribution in [2.75, 3.05) is 18.5 Å². The normalized spacial score (nSPS) is 17.3. The predicted octanol–water partition coefficient (Wildman–Crippen LogP) is 5.33. The quantitative estimate of drug-likeness (QED) is 0.432. The molecule has 1 aliphatic rings. The number of para-hydroxylation sites is 1. The van der Waals surface area contributed by atoms with Gasteiger partial charge in [-0.1, -0.05) is 44.0 Å². The van der Waals surface area contributed by atoms with Crippen molar-refractivity contribution < 1.29 is 27.5 Å². The molecule has 1 N–H and O–H groups in total. The van der Waals surface area contributed by atoms with Crippen LogP contribution in [0.1, 0.15) is 46.9 Å². The van der Waals surface area contributed by atoms with Crippen molar-refractivity contribution in [1.29, 1.82) is 0 Å². The topological polar surface area (TPSA) is 95.0 Å². The van der Waals surface area contributed by atoms with E-state index in [0.29, 0.717) is 19.3 Å². The third kappa shape index (κ3) is 4.64. The van der Waals surface area contributed by atoms with E-state index in [1.807, 2.05) is 37.3 Å². The summed E-state index contributed by atoms with van der Waals surface area (Å²) in [5.41, 5.74) is 0.682. The number of benzene rings is 3. The minimum absolute atomic E-state index is 0.0149. The number of halogens is 1. The fraction of sp³-hybridized carbons (Fsp3) is 0.259. The summed E-state index contributed by atoms with van der Waals surface area (Å²) < 4.78 is 44.6. The van der Waals surface area contributed by atoms with Gasteiger partial charge in [0.1, 0.15) is 10.7 Å². The van der Waals surface area contributed by atoms with Crippen LogP contribution in [-0.2, 0) is 10.0 Å². The third-order valence-electron chi connectivity index (χ3n) is 6.58. The van der Waals surface area contributed by atoms with Crippen LogP contribution in [0.3, 0.4) is 0 Å². The average molecular weight is 511 g/mol. The first-order valence-corrected chi connectivity index (χ1v) is 13.1. The van der Waals surface area contributed by atoms with Gasteiger partial charge in [-0.3, -0.25) is 4.79 Å². The largest absolute Gasteiger partial charge is 0.478 e. The zero-order valence-electron chi connectivity index (χ0n) is 20.0. The number of likely N-dealkylation sites (N-methyl/N-ethyl adjacent to an activating group) is 1. The van der Waals surface area contributed by atoms with Crippen LogP contribution in [0, 0.1) is 5.82 Å². The van der Waals surface area contributed by atoms with Crippen LogP contribution in [-0.4, -0.2) is 49.7 Å². The van der Waals surface area contributed by atoms with Gasteiger partial charge in [-0.2, -0.15) is 4.31 Å². The maximum atomic E-state index is 15.7. The maximum absolute atomic E-state index is 15.7. The molecule has 0 spiro atoms. The van der Waals surface area contributed by atoms with Gasteiger partial charge in [0.05, 0.1) is 11.3 Å². The van der Waals surface area contributed by atoms with E-state index in [2.05, 4.69) is 0 Å². The number of hydrogen-bond acceptors (Lipinski definition) is 5. The van der Waals surface area contributed by atoms with Crippen molar-refractivity contribution in [2.24, 2.45) is 0 Å². The van der Waals surface area contributed by atoms with Gasteiger partial charge < -0.3 is 10.0 Å². The van der Waals surface area contributed by atoms with E-state index in [9.17, 15) is 23.1 Å². The fourth-order valence-corrected chi connectivity index (χ4v) is 6.11. The Morgan fingerprint density at radius 3 is 2.47 bits per heavy atom. The summed E-state index contributed by atoms with van der Waals surface area (Å²) in [5, 5.41) is 9.41. The summed E-state index contributed by atoms with van der Waals surface area (Å²) in [7, 11) is -2.52. The SMILES string of the molecule is CCCC[C@@H]1CN(c2ccccc2)c2cc(F)c(-c3cc(C(=O)O)ccc3C=O)cc2S(=O)(=O)N1C. The second-order valence-corrected chi connectivity index (χ2v) is 10.8. The van der Waals surface area contributed by atoms with E-state index in [4.69, 9.17) is 0 Å². The highest BCUT2D eigenvalue weighted by Gasteiger charge is 2.37. The molecule has 188 valence electrons. The van der Waals surface area contributed by atoms with Crippen LogP contribution in [0.15, 0.2) is 65.6 Å². The lowest BCUT2D eigenvalue weighted by Gasteiger charge is -2.29. The molecule has 3 aromatic carbocycles. The van der Waals surface area contributed by atoms with E-state index in [0.717, 1.165) is 24.6 Å². The van der Waals surface area contributed by atoms with Crippen LogP contribution in [0.5, 0.6) is 0 Å². The Morgan fingerprint density at radius 2 is 1.83 bits per heavy atom. The summed E-state index contributed by atoms with van der Waals surface area (Å²) in [6.07, 6.45) is 2.85. The number of carboxylic acid groups (broad SMARTS) is 1. The number of aldehydes is 1. The van der Waals surface area contributed by atoms with E-state index in [1.165, 1.54) is 35.6 Å². The molecular weight excluding hydrogens is 483 g/mol. The van der Waals surface area contributed by atoms with Gasteiger partial charge in [-0.25, -0.2) is 17.6 Å². The lowest BCUT2D eigenvalue weighted by Crippen LogP contribution is -2.40. The molecule has 0 saturated carbocycles. The standard InChI is InChI=1S/C27H27FN2O5S/c1-3-4-8-21-16-30(20-9-6-5-7-10-20)25-15-24(28)23(14-26(25)36(34,35)29(21)2)22-13-18(27(32)33)11-12-19(22)17-31/h5-7,9-15,17,21H,3-4,8,16H2,1-2H3,(H,32,33)/t21-/m1/s1. The van der Waals surface area contributed by atoms with Gasteiger partial charge in [0.25, 0.3) is 0 Å². The maximum Gasteiger partial charge on any atom is 0.335 e. The zero-order chi connectivity index (χ0) is 26.0. The molecule has 7 nitrogen and oxygen atoms in total. The van der Waals surface area contributed by atoms with Crippen LogP contribution < -0.4 is 4.90 Å². The molecule has 4 rings (SSSR count). The van der Waals surface area contributed by atoms with Crippen LogP contribution >= 0.6 is 0 Å². The second kappa shape index (κ2) is 10.2. The Hall–Kier alpha value is -3.56. The summed E-state index contributed by atoms with van der Waals surface area (Å²) in [4.78, 5) is 24.9. The number of anilines is 2. The molecule has 0 aromatic heterocycles. The number of carbonyl (C=O) groups is 2. The molecule has 0 saturated heterocycles. The molecule has 0 radical (unpaired) electrons. The van der Waals surface area contributed by atoms with Gasteiger partial charge in [-0.05, 0) is 48.4 Å². The first-order valence-electron chi connectivity index (χ1n) is 11.7. The number of carboxylic acids is 1. The number of sulfonamides is 1. The van der Waals surface area contributed by atoms with Crippen LogP contribution in [0.4, 0.5) is 15.8 Å². The Bertz CT molecular complexity index is 1410. The average Bonchev–Trinajstić information content (AvgIpc) is 2.95. The highest BCUT2D eigenvalue weighted by Crippen LogP contribution is 2.41. The first kappa shape index (κ1) is 25.5. The smallest absolute Gasteiger partial charge is 0.335 e. The molecule has 0 fully saturated rings. The second-order valence-electron chi connectivity index (χ2n) is 8.79. The summed E-state index contributed by atoms with van der Waals surface area (Å²) in [5.74, 6) is -2.00. The van der Waals surface area contributed by atoms with Crippen molar-refractivity contribution in [1.82, 2.24) is 4.31 Å².